The van der Waals surface area contributed by atoms with Gasteiger partial charge in [0.05, 0.1) is 42.1 Å². The van der Waals surface area contributed by atoms with Crippen LogP contribution in [0.2, 0.25) is 0 Å². The first-order valence-electron chi connectivity index (χ1n) is 9.05. The summed E-state index contributed by atoms with van der Waals surface area (Å²) in [6.07, 6.45) is 3.63. The molecule has 0 fully saturated rings. The van der Waals surface area contributed by atoms with Crippen molar-refractivity contribution in [1.29, 1.82) is 5.26 Å². The van der Waals surface area contributed by atoms with Crippen molar-refractivity contribution in [3.8, 4) is 28.9 Å². The average Bonchev–Trinajstić information content (AvgIpc) is 3.34. The molecule has 0 radical (unpaired) electrons. The summed E-state index contributed by atoms with van der Waals surface area (Å²) in [5.41, 5.74) is 2.97. The first kappa shape index (κ1) is 19.1. The minimum atomic E-state index is -0.486. The lowest BCUT2D eigenvalue weighted by atomic mass is 10.1. The van der Waals surface area contributed by atoms with Crippen molar-refractivity contribution in [1.82, 2.24) is 24.3 Å². The maximum atomic E-state index is 14.1. The third kappa shape index (κ3) is 3.58. The Morgan fingerprint density at radius 3 is 2.73 bits per heavy atom. The third-order valence-corrected chi connectivity index (χ3v) is 4.53. The van der Waals surface area contributed by atoms with Crippen LogP contribution < -0.4 is 10.1 Å². The summed E-state index contributed by atoms with van der Waals surface area (Å²) >= 11 is 0. The van der Waals surface area contributed by atoms with Gasteiger partial charge in [-0.3, -0.25) is 0 Å². The fourth-order valence-electron chi connectivity index (χ4n) is 3.01. The van der Waals surface area contributed by atoms with Gasteiger partial charge in [-0.15, -0.1) is 5.10 Å². The summed E-state index contributed by atoms with van der Waals surface area (Å²) < 4.78 is 23.0. The summed E-state index contributed by atoms with van der Waals surface area (Å²) in [5.74, 6) is 0.940. The smallest absolute Gasteiger partial charge is 0.226 e. The fourth-order valence-corrected chi connectivity index (χ4v) is 3.01. The number of halogens is 1. The number of nitriles is 1. The number of benzene rings is 2. The van der Waals surface area contributed by atoms with E-state index in [0.717, 1.165) is 16.9 Å². The molecule has 0 aliphatic heterocycles. The Bertz CT molecular complexity index is 1270. The van der Waals surface area contributed by atoms with E-state index in [-0.39, 0.29) is 5.69 Å². The number of nitrogens with zero attached hydrogens (tertiary/aromatic N) is 6. The molecule has 2 aromatic heterocycles. The Morgan fingerprint density at radius 2 is 2.03 bits per heavy atom. The van der Waals surface area contributed by atoms with Gasteiger partial charge >= 0.3 is 0 Å². The van der Waals surface area contributed by atoms with E-state index in [0.29, 0.717) is 23.1 Å². The molecule has 150 valence electrons. The maximum Gasteiger partial charge on any atom is 0.226 e. The van der Waals surface area contributed by atoms with E-state index in [2.05, 4.69) is 20.4 Å². The molecular formula is C21H18FN7O. The van der Waals surface area contributed by atoms with Gasteiger partial charge in [-0.1, -0.05) is 0 Å². The second-order valence-corrected chi connectivity index (χ2v) is 6.62. The van der Waals surface area contributed by atoms with Crippen LogP contribution in [0.1, 0.15) is 11.3 Å². The van der Waals surface area contributed by atoms with Crippen LogP contribution in [0.25, 0.3) is 17.1 Å². The number of hydrogen-bond donors (Lipinski definition) is 1. The standard InChI is InChI=1S/C21H18FN7O/c1-13-11-29(12-24-13)18-7-5-15(9-19(18)30-3)20-26-21(28(2)27-20)25-17-8-14(10-23)4-6-16(17)22/h4-9,11-12H,1-3H3,(H,25,26,27). The molecule has 0 aliphatic rings. The molecule has 0 saturated heterocycles. The molecule has 4 rings (SSSR count). The summed E-state index contributed by atoms with van der Waals surface area (Å²) in [7, 11) is 3.29. The highest BCUT2D eigenvalue weighted by atomic mass is 19.1. The average molecular weight is 403 g/mol. The number of imidazole rings is 1. The fraction of sp³-hybridized carbons (Fsp3) is 0.143. The first-order chi connectivity index (χ1) is 14.5. The van der Waals surface area contributed by atoms with Crippen LogP contribution in [0, 0.1) is 24.1 Å². The number of anilines is 2. The maximum absolute atomic E-state index is 14.1. The number of aromatic nitrogens is 5. The van der Waals surface area contributed by atoms with E-state index in [1.165, 1.54) is 22.9 Å². The Hall–Kier alpha value is -4.19. The Balaban J connectivity index is 1.67. The van der Waals surface area contributed by atoms with Gasteiger partial charge in [-0.05, 0) is 43.3 Å². The molecule has 0 unspecified atom stereocenters. The van der Waals surface area contributed by atoms with Gasteiger partial charge in [0.1, 0.15) is 11.6 Å². The molecule has 1 N–H and O–H groups in total. The Morgan fingerprint density at radius 1 is 1.20 bits per heavy atom. The van der Waals surface area contributed by atoms with Gasteiger partial charge in [-0.25, -0.2) is 14.1 Å². The lowest BCUT2D eigenvalue weighted by molar-refractivity contribution is 0.413. The Kier molecular flexibility index (Phi) is 4.90. The third-order valence-electron chi connectivity index (χ3n) is 4.53. The molecule has 2 aromatic carbocycles. The zero-order valence-corrected chi connectivity index (χ0v) is 16.6. The molecule has 0 amide bonds. The molecule has 9 heteroatoms. The van der Waals surface area contributed by atoms with Gasteiger partial charge in [0.25, 0.3) is 0 Å². The molecule has 8 nitrogen and oxygen atoms in total. The zero-order valence-electron chi connectivity index (χ0n) is 16.6. The normalized spacial score (nSPS) is 10.6. The SMILES string of the molecule is COc1cc(-c2nc(Nc3cc(C#N)ccc3F)n(C)n2)ccc1-n1cnc(C)c1. The number of nitrogens with one attached hydrogen (secondary N) is 1. The van der Waals surface area contributed by atoms with Crippen LogP contribution >= 0.6 is 0 Å². The minimum Gasteiger partial charge on any atom is -0.495 e. The molecule has 0 bridgehead atoms. The van der Waals surface area contributed by atoms with Crippen molar-refractivity contribution in [2.45, 2.75) is 6.92 Å². The largest absolute Gasteiger partial charge is 0.495 e. The molecule has 0 aliphatic carbocycles. The lowest BCUT2D eigenvalue weighted by Crippen LogP contribution is -2.02. The highest BCUT2D eigenvalue weighted by molar-refractivity contribution is 5.65. The van der Waals surface area contributed by atoms with Crippen LogP contribution in [0.3, 0.4) is 0 Å². The van der Waals surface area contributed by atoms with Crippen molar-refractivity contribution in [2.24, 2.45) is 7.05 Å². The number of rotatable bonds is 5. The summed E-state index contributed by atoms with van der Waals surface area (Å²) in [6.45, 7) is 1.92. The predicted molar refractivity (Wildman–Crippen MR) is 109 cm³/mol. The zero-order chi connectivity index (χ0) is 21.3. The minimum absolute atomic E-state index is 0.152. The summed E-state index contributed by atoms with van der Waals surface area (Å²) in [5, 5.41) is 16.3. The molecule has 4 aromatic rings. The molecule has 0 saturated carbocycles. The van der Waals surface area contributed by atoms with Crippen molar-refractivity contribution in [3.63, 3.8) is 0 Å². The quantitative estimate of drug-likeness (QED) is 0.546. The van der Waals surface area contributed by atoms with Crippen molar-refractivity contribution in [2.75, 3.05) is 12.4 Å². The van der Waals surface area contributed by atoms with Crippen molar-refractivity contribution < 1.29 is 9.13 Å². The summed E-state index contributed by atoms with van der Waals surface area (Å²) in [6, 6.07) is 11.7. The monoisotopic (exact) mass is 403 g/mol. The molecular weight excluding hydrogens is 385 g/mol. The highest BCUT2D eigenvalue weighted by Crippen LogP contribution is 2.29. The topological polar surface area (TPSA) is 93.6 Å². The number of methoxy groups -OCH3 is 1. The molecule has 0 spiro atoms. The van der Waals surface area contributed by atoms with Crippen LogP contribution in [0.4, 0.5) is 16.0 Å². The van der Waals surface area contributed by atoms with Crippen molar-refractivity contribution >= 4 is 11.6 Å². The predicted octanol–water partition coefficient (Wildman–Crippen LogP) is 3.74. The van der Waals surface area contributed by atoms with E-state index in [1.807, 2.05) is 42.0 Å². The number of hydrogen-bond acceptors (Lipinski definition) is 6. The van der Waals surface area contributed by atoms with Crippen LogP contribution in [0.15, 0.2) is 48.9 Å². The highest BCUT2D eigenvalue weighted by Gasteiger charge is 2.15. The molecule has 0 atom stereocenters. The van der Waals surface area contributed by atoms with Gasteiger partial charge < -0.3 is 14.6 Å². The van der Waals surface area contributed by atoms with Gasteiger partial charge in [0, 0.05) is 18.8 Å². The van der Waals surface area contributed by atoms with E-state index in [4.69, 9.17) is 10.00 Å². The number of aryl methyl sites for hydroxylation is 2. The second kappa shape index (κ2) is 7.67. The van der Waals surface area contributed by atoms with Gasteiger partial charge in [-0.2, -0.15) is 10.2 Å². The lowest BCUT2D eigenvalue weighted by Gasteiger charge is -2.10. The molecule has 30 heavy (non-hydrogen) atoms. The van der Waals surface area contributed by atoms with Crippen LogP contribution in [0.5, 0.6) is 5.75 Å². The summed E-state index contributed by atoms with van der Waals surface area (Å²) in [4.78, 5) is 8.71. The van der Waals surface area contributed by atoms with E-state index >= 15 is 0 Å². The van der Waals surface area contributed by atoms with Gasteiger partial charge in [0.2, 0.25) is 5.95 Å². The van der Waals surface area contributed by atoms with Crippen molar-refractivity contribution in [3.05, 3.63) is 66.0 Å². The number of ether oxygens (including phenoxy) is 1. The molecule has 2 heterocycles. The first-order valence-corrected chi connectivity index (χ1v) is 9.05. The van der Waals surface area contributed by atoms with Crippen LogP contribution in [-0.2, 0) is 7.05 Å². The Labute approximate surface area is 172 Å². The van der Waals surface area contributed by atoms with E-state index in [9.17, 15) is 4.39 Å². The van der Waals surface area contributed by atoms with Crippen LogP contribution in [-0.4, -0.2) is 31.4 Å². The van der Waals surface area contributed by atoms with E-state index < -0.39 is 5.82 Å². The van der Waals surface area contributed by atoms with Gasteiger partial charge in [0.15, 0.2) is 5.82 Å². The van der Waals surface area contributed by atoms with E-state index in [1.54, 1.807) is 20.5 Å². The second-order valence-electron chi connectivity index (χ2n) is 6.62.